The normalized spacial score (nSPS) is 26.4. The van der Waals surface area contributed by atoms with E-state index in [1.807, 2.05) is 0 Å². The maximum absolute atomic E-state index is 5.95. The van der Waals surface area contributed by atoms with Crippen LogP contribution in [0.4, 0.5) is 0 Å². The molecule has 1 unspecified atom stereocenters. The summed E-state index contributed by atoms with van der Waals surface area (Å²) in [5.74, 6) is 0.513. The van der Waals surface area contributed by atoms with Crippen LogP contribution in [-0.4, -0.2) is 41.6 Å². The van der Waals surface area contributed by atoms with Gasteiger partial charge in [0.1, 0.15) is 6.10 Å². The second kappa shape index (κ2) is 4.99. The molecule has 2 aliphatic heterocycles. The molecule has 98 valence electrons. The first kappa shape index (κ1) is 12.1. The Morgan fingerprint density at radius 3 is 2.89 bits per heavy atom. The number of piperidine rings is 1. The van der Waals surface area contributed by atoms with Crippen LogP contribution in [0.1, 0.15) is 19.3 Å². The van der Waals surface area contributed by atoms with Gasteiger partial charge in [-0.2, -0.15) is 0 Å². The fraction of sp³-hybridized carbons (Fsp3) is 0.667. The van der Waals surface area contributed by atoms with Crippen molar-refractivity contribution in [3.05, 3.63) is 17.3 Å². The molecule has 2 saturated heterocycles. The lowest BCUT2D eigenvalue weighted by molar-refractivity contribution is -0.0206. The fourth-order valence-electron chi connectivity index (χ4n) is 2.65. The van der Waals surface area contributed by atoms with E-state index in [9.17, 15) is 0 Å². The number of ether oxygens (including phenoxy) is 2. The third-order valence-corrected chi connectivity index (χ3v) is 3.79. The molecule has 6 heteroatoms. The minimum Gasteiger partial charge on any atom is -0.471 e. The Bertz CT molecular complexity index is 406. The summed E-state index contributed by atoms with van der Waals surface area (Å²) in [4.78, 5) is 0. The summed E-state index contributed by atoms with van der Waals surface area (Å²) in [6.07, 6.45) is 3.11. The summed E-state index contributed by atoms with van der Waals surface area (Å²) in [7, 11) is 0. The molecule has 0 bridgehead atoms. The highest BCUT2D eigenvalue weighted by molar-refractivity contribution is 6.29. The molecule has 1 N–H and O–H groups in total. The first-order valence-corrected chi connectivity index (χ1v) is 6.64. The van der Waals surface area contributed by atoms with E-state index >= 15 is 0 Å². The van der Waals surface area contributed by atoms with Gasteiger partial charge in [0.05, 0.1) is 12.2 Å². The topological polar surface area (TPSA) is 56.3 Å². The van der Waals surface area contributed by atoms with E-state index in [2.05, 4.69) is 15.5 Å². The second-order valence-electron chi connectivity index (χ2n) is 4.88. The number of halogens is 1. The number of aromatic nitrogens is 2. The van der Waals surface area contributed by atoms with Crippen molar-refractivity contribution in [3.8, 4) is 5.88 Å². The zero-order chi connectivity index (χ0) is 12.4. The quantitative estimate of drug-likeness (QED) is 0.880. The minimum atomic E-state index is 0.00969. The summed E-state index contributed by atoms with van der Waals surface area (Å²) < 4.78 is 11.7. The van der Waals surface area contributed by atoms with Crippen LogP contribution in [0.5, 0.6) is 5.88 Å². The predicted molar refractivity (Wildman–Crippen MR) is 66.9 cm³/mol. The van der Waals surface area contributed by atoms with Gasteiger partial charge in [0, 0.05) is 12.5 Å². The molecular formula is C12H16ClN3O2. The van der Waals surface area contributed by atoms with Crippen molar-refractivity contribution < 1.29 is 9.47 Å². The molecule has 3 rings (SSSR count). The van der Waals surface area contributed by atoms with Crippen LogP contribution in [0.15, 0.2) is 12.1 Å². The summed E-state index contributed by atoms with van der Waals surface area (Å²) in [6, 6.07) is 3.42. The molecular weight excluding hydrogens is 254 g/mol. The van der Waals surface area contributed by atoms with Gasteiger partial charge in [-0.25, -0.2) is 0 Å². The third kappa shape index (κ3) is 2.58. The molecule has 0 radical (unpaired) electrons. The highest BCUT2D eigenvalue weighted by atomic mass is 35.5. The third-order valence-electron chi connectivity index (χ3n) is 3.58. The average molecular weight is 270 g/mol. The SMILES string of the molecule is Clc1ccc(OC2COC3(CCNCC3)C2)nn1. The molecule has 1 aromatic heterocycles. The molecule has 1 spiro atoms. The largest absolute Gasteiger partial charge is 0.471 e. The van der Waals surface area contributed by atoms with E-state index in [1.54, 1.807) is 12.1 Å². The number of hydrogen-bond donors (Lipinski definition) is 1. The van der Waals surface area contributed by atoms with E-state index < -0.39 is 0 Å². The molecule has 0 aliphatic carbocycles. The van der Waals surface area contributed by atoms with Gasteiger partial charge in [-0.1, -0.05) is 11.6 Å². The molecule has 2 aliphatic rings. The van der Waals surface area contributed by atoms with Crippen LogP contribution < -0.4 is 10.1 Å². The van der Waals surface area contributed by atoms with E-state index in [0.717, 1.165) is 32.4 Å². The first-order valence-electron chi connectivity index (χ1n) is 6.26. The number of rotatable bonds is 2. The van der Waals surface area contributed by atoms with Crippen molar-refractivity contribution in [1.29, 1.82) is 0 Å². The van der Waals surface area contributed by atoms with Gasteiger partial charge in [-0.15, -0.1) is 10.2 Å². The van der Waals surface area contributed by atoms with E-state index in [0.29, 0.717) is 17.6 Å². The van der Waals surface area contributed by atoms with Gasteiger partial charge in [0.25, 0.3) is 0 Å². The van der Waals surface area contributed by atoms with Gasteiger partial charge in [0.2, 0.25) is 5.88 Å². The van der Waals surface area contributed by atoms with Crippen molar-refractivity contribution >= 4 is 11.6 Å². The maximum Gasteiger partial charge on any atom is 0.233 e. The minimum absolute atomic E-state index is 0.00969. The van der Waals surface area contributed by atoms with Crippen molar-refractivity contribution in [3.63, 3.8) is 0 Å². The van der Waals surface area contributed by atoms with Crippen molar-refractivity contribution in [2.45, 2.75) is 31.0 Å². The Labute approximate surface area is 111 Å². The van der Waals surface area contributed by atoms with Crippen LogP contribution in [0, 0.1) is 0 Å². The van der Waals surface area contributed by atoms with E-state index in [4.69, 9.17) is 21.1 Å². The summed E-state index contributed by atoms with van der Waals surface area (Å²) in [5.41, 5.74) is 0.00969. The van der Waals surface area contributed by atoms with Crippen LogP contribution in [-0.2, 0) is 4.74 Å². The van der Waals surface area contributed by atoms with Crippen molar-refractivity contribution in [1.82, 2.24) is 15.5 Å². The molecule has 3 heterocycles. The highest BCUT2D eigenvalue weighted by Gasteiger charge is 2.42. The van der Waals surface area contributed by atoms with Gasteiger partial charge in [-0.05, 0) is 32.0 Å². The molecule has 18 heavy (non-hydrogen) atoms. The van der Waals surface area contributed by atoms with Gasteiger partial charge >= 0.3 is 0 Å². The van der Waals surface area contributed by atoms with E-state index in [-0.39, 0.29) is 11.7 Å². The van der Waals surface area contributed by atoms with Gasteiger partial charge in [0.15, 0.2) is 5.15 Å². The highest BCUT2D eigenvalue weighted by Crippen LogP contribution is 2.35. The Hall–Kier alpha value is -0.910. The lowest BCUT2D eigenvalue weighted by atomic mass is 9.89. The van der Waals surface area contributed by atoms with Gasteiger partial charge < -0.3 is 14.8 Å². The molecule has 0 amide bonds. The van der Waals surface area contributed by atoms with Crippen molar-refractivity contribution in [2.24, 2.45) is 0 Å². The lowest BCUT2D eigenvalue weighted by Crippen LogP contribution is -2.41. The van der Waals surface area contributed by atoms with Gasteiger partial charge in [-0.3, -0.25) is 0 Å². The summed E-state index contributed by atoms with van der Waals surface area (Å²) in [6.45, 7) is 2.67. The zero-order valence-corrected chi connectivity index (χ0v) is 10.8. The standard InChI is InChI=1S/C12H16ClN3O2/c13-10-1-2-11(16-15-10)18-9-7-12(17-8-9)3-5-14-6-4-12/h1-2,9,14H,3-8H2. The molecule has 1 aromatic rings. The van der Waals surface area contributed by atoms with Crippen molar-refractivity contribution in [2.75, 3.05) is 19.7 Å². The van der Waals surface area contributed by atoms with Crippen LogP contribution in [0.25, 0.3) is 0 Å². The Balaban J connectivity index is 1.60. The Kier molecular flexibility index (Phi) is 3.37. The monoisotopic (exact) mass is 269 g/mol. The number of nitrogens with one attached hydrogen (secondary N) is 1. The fourth-order valence-corrected chi connectivity index (χ4v) is 2.75. The molecule has 2 fully saturated rings. The Morgan fingerprint density at radius 2 is 2.17 bits per heavy atom. The smallest absolute Gasteiger partial charge is 0.233 e. The summed E-state index contributed by atoms with van der Waals surface area (Å²) >= 11 is 5.68. The number of hydrogen-bond acceptors (Lipinski definition) is 5. The van der Waals surface area contributed by atoms with E-state index in [1.165, 1.54) is 0 Å². The predicted octanol–water partition coefficient (Wildman–Crippen LogP) is 1.42. The van der Waals surface area contributed by atoms with Crippen LogP contribution in [0.3, 0.4) is 0 Å². The maximum atomic E-state index is 5.95. The van der Waals surface area contributed by atoms with Crippen LogP contribution in [0.2, 0.25) is 5.15 Å². The first-order chi connectivity index (χ1) is 8.76. The molecule has 0 saturated carbocycles. The molecule has 5 nitrogen and oxygen atoms in total. The average Bonchev–Trinajstić information content (AvgIpc) is 2.76. The summed E-state index contributed by atoms with van der Waals surface area (Å²) in [5, 5.41) is 11.4. The zero-order valence-electron chi connectivity index (χ0n) is 10.1. The number of nitrogens with zero attached hydrogens (tertiary/aromatic N) is 2. The molecule has 0 aromatic carbocycles. The lowest BCUT2D eigenvalue weighted by Gasteiger charge is -2.32. The Morgan fingerprint density at radius 1 is 1.33 bits per heavy atom. The molecule has 1 atom stereocenters. The van der Waals surface area contributed by atoms with Crippen LogP contribution >= 0.6 is 11.6 Å². The second-order valence-corrected chi connectivity index (χ2v) is 5.27.